The minimum absolute atomic E-state index is 0.141. The third kappa shape index (κ3) is 7.21. The molecule has 0 aliphatic heterocycles. The van der Waals surface area contributed by atoms with Gasteiger partial charge in [-0.25, -0.2) is 0 Å². The highest BCUT2D eigenvalue weighted by molar-refractivity contribution is 6.36. The molecule has 4 atom stereocenters. The molecular formula is C33H42O4. The maximum atomic E-state index is 14.3. The zero-order chi connectivity index (χ0) is 27.9. The summed E-state index contributed by atoms with van der Waals surface area (Å²) in [4.78, 5) is 55.9. The van der Waals surface area contributed by atoms with Crippen LogP contribution in [-0.4, -0.2) is 23.1 Å². The van der Waals surface area contributed by atoms with Gasteiger partial charge in [-0.05, 0) is 80.1 Å². The number of benzene rings is 1. The van der Waals surface area contributed by atoms with E-state index >= 15 is 0 Å². The Bertz CT molecular complexity index is 1140. The van der Waals surface area contributed by atoms with Gasteiger partial charge in [-0.15, -0.1) is 0 Å². The molecule has 0 bridgehead atoms. The molecule has 37 heavy (non-hydrogen) atoms. The lowest BCUT2D eigenvalue weighted by molar-refractivity contribution is -0.156. The first kappa shape index (κ1) is 30.1. The topological polar surface area (TPSA) is 68.3 Å². The van der Waals surface area contributed by atoms with Crippen molar-refractivity contribution in [2.24, 2.45) is 23.2 Å². The van der Waals surface area contributed by atoms with Crippen LogP contribution < -0.4 is 0 Å². The molecule has 0 spiro atoms. The second-order valence-corrected chi connectivity index (χ2v) is 11.2. The molecular weight excluding hydrogens is 460 g/mol. The molecule has 1 aromatic rings. The monoisotopic (exact) mass is 502 g/mol. The SMILES string of the molecule is C=C(C)C(CC=C(C)C)CC1(CC=C(C)C)C(=O)C(CC=C(C)C)C(=O)C(C(=O)c2ccccc2)C1=O. The fraction of sp³-hybridized carbons (Fsp3) is 0.455. The summed E-state index contributed by atoms with van der Waals surface area (Å²) in [5.74, 6) is -4.70. The maximum Gasteiger partial charge on any atom is 0.180 e. The first-order chi connectivity index (χ1) is 17.3. The second-order valence-electron chi connectivity index (χ2n) is 11.2. The average molecular weight is 503 g/mol. The van der Waals surface area contributed by atoms with Crippen LogP contribution in [0.25, 0.3) is 0 Å². The van der Waals surface area contributed by atoms with Gasteiger partial charge in [0.1, 0.15) is 5.92 Å². The van der Waals surface area contributed by atoms with Crippen LogP contribution in [0, 0.1) is 23.2 Å². The minimum atomic E-state index is -1.49. The normalized spacial score (nSPS) is 22.2. The standard InChI is InChI=1S/C33H42O4/c1-21(2)14-16-26(24(7)8)20-33(19-18-23(5)6)31(36)27(17-15-22(3)4)30(35)28(32(33)37)29(34)25-12-10-9-11-13-25/h9-15,18,26-28H,7,16-17,19-20H2,1-6,8H3. The lowest BCUT2D eigenvalue weighted by atomic mass is 9.56. The van der Waals surface area contributed by atoms with Crippen molar-refractivity contribution in [1.82, 2.24) is 0 Å². The van der Waals surface area contributed by atoms with Crippen LogP contribution in [0.5, 0.6) is 0 Å². The summed E-state index contributed by atoms with van der Waals surface area (Å²) in [7, 11) is 0. The smallest absolute Gasteiger partial charge is 0.180 e. The number of hydrogen-bond acceptors (Lipinski definition) is 4. The van der Waals surface area contributed by atoms with Crippen molar-refractivity contribution < 1.29 is 19.2 Å². The molecule has 0 aromatic heterocycles. The molecule has 2 rings (SSSR count). The zero-order valence-electron chi connectivity index (χ0n) is 23.5. The molecule has 0 radical (unpaired) electrons. The van der Waals surface area contributed by atoms with E-state index in [2.05, 4.69) is 12.7 Å². The Hall–Kier alpha value is -3.14. The molecule has 1 fully saturated rings. The summed E-state index contributed by atoms with van der Waals surface area (Å²) in [6.07, 6.45) is 7.06. The van der Waals surface area contributed by atoms with Crippen molar-refractivity contribution in [2.75, 3.05) is 0 Å². The molecule has 0 N–H and O–H groups in total. The van der Waals surface area contributed by atoms with Gasteiger partial charge in [0.15, 0.2) is 23.1 Å². The number of allylic oxidation sites excluding steroid dienone is 7. The van der Waals surface area contributed by atoms with Gasteiger partial charge in [-0.3, -0.25) is 19.2 Å². The summed E-state index contributed by atoms with van der Waals surface area (Å²) in [6.45, 7) is 17.7. The molecule has 1 saturated carbocycles. The zero-order valence-corrected chi connectivity index (χ0v) is 23.5. The van der Waals surface area contributed by atoms with Crippen LogP contribution >= 0.6 is 0 Å². The number of rotatable bonds is 11. The van der Waals surface area contributed by atoms with Crippen molar-refractivity contribution in [3.8, 4) is 0 Å². The Labute approximate surface area is 222 Å². The quantitative estimate of drug-likeness (QED) is 0.179. The van der Waals surface area contributed by atoms with Gasteiger partial charge in [0.25, 0.3) is 0 Å². The molecule has 1 aliphatic carbocycles. The Balaban J connectivity index is 2.75. The highest BCUT2D eigenvalue weighted by atomic mass is 16.2. The third-order valence-corrected chi connectivity index (χ3v) is 7.19. The second kappa shape index (κ2) is 12.9. The van der Waals surface area contributed by atoms with E-state index in [1.165, 1.54) is 0 Å². The predicted molar refractivity (Wildman–Crippen MR) is 150 cm³/mol. The Kier molecular flexibility index (Phi) is 10.5. The van der Waals surface area contributed by atoms with Gasteiger partial charge in [0.05, 0.1) is 11.3 Å². The summed E-state index contributed by atoms with van der Waals surface area (Å²) in [5, 5.41) is 0. The predicted octanol–water partition coefficient (Wildman–Crippen LogP) is 7.46. The van der Waals surface area contributed by atoms with Gasteiger partial charge in [0, 0.05) is 5.56 Å². The highest BCUT2D eigenvalue weighted by Crippen LogP contribution is 2.46. The van der Waals surface area contributed by atoms with E-state index in [9.17, 15) is 19.2 Å². The number of Topliss-reactive ketones (excluding diaryl/α,β-unsaturated/α-hetero) is 4. The third-order valence-electron chi connectivity index (χ3n) is 7.19. The van der Waals surface area contributed by atoms with Crippen LogP contribution in [0.3, 0.4) is 0 Å². The molecule has 4 nitrogen and oxygen atoms in total. The molecule has 0 heterocycles. The van der Waals surface area contributed by atoms with Crippen LogP contribution in [-0.2, 0) is 14.4 Å². The lowest BCUT2D eigenvalue weighted by Gasteiger charge is -2.42. The van der Waals surface area contributed by atoms with Crippen molar-refractivity contribution in [3.63, 3.8) is 0 Å². The van der Waals surface area contributed by atoms with Gasteiger partial charge in [-0.1, -0.05) is 77.4 Å². The number of ketones is 4. The van der Waals surface area contributed by atoms with Crippen molar-refractivity contribution in [3.05, 3.63) is 83.0 Å². The first-order valence-electron chi connectivity index (χ1n) is 13.1. The molecule has 4 heteroatoms. The van der Waals surface area contributed by atoms with Gasteiger partial charge in [-0.2, -0.15) is 0 Å². The minimum Gasteiger partial charge on any atom is -0.298 e. The highest BCUT2D eigenvalue weighted by Gasteiger charge is 2.60. The number of carbonyl (C=O) groups is 4. The summed E-state index contributed by atoms with van der Waals surface area (Å²) in [5.41, 5.74) is 2.79. The van der Waals surface area contributed by atoms with Crippen LogP contribution in [0.1, 0.15) is 84.5 Å². The maximum absolute atomic E-state index is 14.3. The van der Waals surface area contributed by atoms with Crippen molar-refractivity contribution in [2.45, 2.75) is 74.1 Å². The van der Waals surface area contributed by atoms with Crippen LogP contribution in [0.15, 0.2) is 77.4 Å². The molecule has 198 valence electrons. The average Bonchev–Trinajstić information content (AvgIpc) is 2.83. The molecule has 4 unspecified atom stereocenters. The summed E-state index contributed by atoms with van der Waals surface area (Å²) < 4.78 is 0. The Morgan fingerprint density at radius 1 is 0.865 bits per heavy atom. The van der Waals surface area contributed by atoms with Gasteiger partial charge < -0.3 is 0 Å². The molecule has 0 saturated heterocycles. The van der Waals surface area contributed by atoms with Crippen molar-refractivity contribution in [1.29, 1.82) is 0 Å². The van der Waals surface area contributed by atoms with E-state index in [1.807, 2.05) is 60.6 Å². The van der Waals surface area contributed by atoms with E-state index in [-0.39, 0.29) is 31.0 Å². The largest absolute Gasteiger partial charge is 0.298 e. The number of hydrogen-bond donors (Lipinski definition) is 0. The summed E-state index contributed by atoms with van der Waals surface area (Å²) in [6, 6.07) is 8.44. The van der Waals surface area contributed by atoms with E-state index in [0.29, 0.717) is 12.0 Å². The fourth-order valence-electron chi connectivity index (χ4n) is 4.91. The van der Waals surface area contributed by atoms with E-state index in [4.69, 9.17) is 0 Å². The first-order valence-corrected chi connectivity index (χ1v) is 13.1. The Morgan fingerprint density at radius 2 is 1.43 bits per heavy atom. The molecule has 0 amide bonds. The van der Waals surface area contributed by atoms with E-state index in [1.54, 1.807) is 30.3 Å². The van der Waals surface area contributed by atoms with Crippen molar-refractivity contribution >= 4 is 23.1 Å². The molecule has 1 aliphatic rings. The van der Waals surface area contributed by atoms with E-state index < -0.39 is 34.6 Å². The van der Waals surface area contributed by atoms with E-state index in [0.717, 1.165) is 22.3 Å². The lowest BCUT2D eigenvalue weighted by Crippen LogP contribution is -2.58. The van der Waals surface area contributed by atoms with Gasteiger partial charge >= 0.3 is 0 Å². The van der Waals surface area contributed by atoms with Crippen LogP contribution in [0.4, 0.5) is 0 Å². The number of carbonyl (C=O) groups excluding carboxylic acids is 4. The van der Waals surface area contributed by atoms with Gasteiger partial charge in [0.2, 0.25) is 0 Å². The summed E-state index contributed by atoms with van der Waals surface area (Å²) >= 11 is 0. The van der Waals surface area contributed by atoms with Crippen LogP contribution in [0.2, 0.25) is 0 Å². The fourth-order valence-corrected chi connectivity index (χ4v) is 4.91. The molecule has 1 aromatic carbocycles. The Morgan fingerprint density at radius 3 is 1.95 bits per heavy atom.